The Morgan fingerprint density at radius 2 is 1.60 bits per heavy atom. The molecule has 3 amide bonds. The first-order chi connectivity index (χ1) is 27.5. The number of ether oxygens (including phenoxy) is 2. The molecule has 3 saturated heterocycles. The summed E-state index contributed by atoms with van der Waals surface area (Å²) < 4.78 is 47.1. The van der Waals surface area contributed by atoms with E-state index in [-0.39, 0.29) is 35.3 Å². The minimum absolute atomic E-state index is 0.00777. The van der Waals surface area contributed by atoms with Crippen LogP contribution in [-0.4, -0.2) is 89.8 Å². The summed E-state index contributed by atoms with van der Waals surface area (Å²) in [6.07, 6.45) is 3.10. The summed E-state index contributed by atoms with van der Waals surface area (Å²) in [5, 5.41) is 8.50. The molecule has 3 fully saturated rings. The van der Waals surface area contributed by atoms with Crippen molar-refractivity contribution in [1.82, 2.24) is 30.5 Å². The Morgan fingerprint density at radius 1 is 0.860 bits per heavy atom. The quantitative estimate of drug-likeness (QED) is 0.111. The lowest BCUT2D eigenvalue weighted by Gasteiger charge is -2.37. The summed E-state index contributed by atoms with van der Waals surface area (Å²) in [6.45, 7) is 5.43. The number of likely N-dealkylation sites (tertiary alicyclic amines) is 1. The lowest BCUT2D eigenvalue weighted by atomic mass is 9.91. The molecule has 3 aliphatic heterocycles. The zero-order valence-electron chi connectivity index (χ0n) is 31.3. The Labute approximate surface area is 328 Å². The second-order valence-electron chi connectivity index (χ2n) is 14.6. The van der Waals surface area contributed by atoms with Gasteiger partial charge in [-0.1, -0.05) is 6.07 Å². The maximum atomic E-state index is 12.9. The van der Waals surface area contributed by atoms with E-state index in [1.54, 1.807) is 12.3 Å². The molecule has 16 heteroatoms. The molecule has 1 unspecified atom stereocenters. The molecule has 2 aromatic heterocycles. The number of imide groups is 1. The molecular formula is C41H45F3N8O5. The van der Waals surface area contributed by atoms with Crippen LogP contribution >= 0.6 is 0 Å². The number of alkyl halides is 3. The summed E-state index contributed by atoms with van der Waals surface area (Å²) in [6, 6.07) is 18.4. The molecule has 13 nitrogen and oxygen atoms in total. The molecule has 0 spiro atoms. The predicted octanol–water partition coefficient (Wildman–Crippen LogP) is 5.82. The topological polar surface area (TPSA) is 151 Å². The fraction of sp³-hybridized carbons (Fsp3) is 0.415. The van der Waals surface area contributed by atoms with Crippen molar-refractivity contribution in [3.05, 3.63) is 84.8 Å². The van der Waals surface area contributed by atoms with Gasteiger partial charge in [0, 0.05) is 55.5 Å². The van der Waals surface area contributed by atoms with Crippen molar-refractivity contribution < 1.29 is 37.0 Å². The number of piperidine rings is 3. The molecule has 5 heterocycles. The first kappa shape index (κ1) is 39.5. The van der Waals surface area contributed by atoms with Crippen LogP contribution in [0.1, 0.15) is 50.0 Å². The van der Waals surface area contributed by atoms with Gasteiger partial charge in [-0.25, -0.2) is 15.0 Å². The number of nitrogens with zero attached hydrogens (tertiary/aromatic N) is 5. The van der Waals surface area contributed by atoms with E-state index in [2.05, 4.69) is 45.4 Å². The van der Waals surface area contributed by atoms with E-state index in [1.807, 2.05) is 36.4 Å². The Hall–Kier alpha value is -5.77. The van der Waals surface area contributed by atoms with Crippen molar-refractivity contribution in [2.24, 2.45) is 11.8 Å². The number of carbonyl (C=O) groups is 3. The second kappa shape index (κ2) is 18.0. The van der Waals surface area contributed by atoms with Gasteiger partial charge in [-0.05, 0) is 111 Å². The number of amides is 3. The Bertz CT molecular complexity index is 1980. The van der Waals surface area contributed by atoms with Crippen LogP contribution in [0.5, 0.6) is 11.5 Å². The molecule has 3 aliphatic rings. The molecule has 300 valence electrons. The Kier molecular flexibility index (Phi) is 12.5. The monoisotopic (exact) mass is 786 g/mol. The number of benzene rings is 2. The van der Waals surface area contributed by atoms with Crippen LogP contribution in [0.15, 0.2) is 79.3 Å². The fourth-order valence-electron chi connectivity index (χ4n) is 7.57. The number of nitrogens with one attached hydrogen (secondary N) is 3. The smallest absolute Gasteiger partial charge is 0.492 e. The molecule has 0 aliphatic carbocycles. The van der Waals surface area contributed by atoms with Gasteiger partial charge >= 0.3 is 6.36 Å². The highest BCUT2D eigenvalue weighted by molar-refractivity contribution is 6.00. The Balaban J connectivity index is 0.772. The lowest BCUT2D eigenvalue weighted by molar-refractivity contribution is -0.274. The SMILES string of the molecule is O=C1CCC(c2ccc(N3CCC(CN4CCC(C(=O)NCCOc5ccc(-c6cc(Nc7ccc(OC(F)(F)F)cc7)ncn6)cc5)CC4)CC3)nc2)C(=O)N1. The van der Waals surface area contributed by atoms with E-state index >= 15 is 0 Å². The first-order valence-corrected chi connectivity index (χ1v) is 19.3. The third-order valence-electron chi connectivity index (χ3n) is 10.7. The van der Waals surface area contributed by atoms with Gasteiger partial charge in [0.15, 0.2) is 0 Å². The van der Waals surface area contributed by atoms with Crippen molar-refractivity contribution in [2.75, 3.05) is 56.1 Å². The van der Waals surface area contributed by atoms with Crippen LogP contribution in [-0.2, 0) is 14.4 Å². The van der Waals surface area contributed by atoms with E-state index in [4.69, 9.17) is 4.74 Å². The number of hydrogen-bond acceptors (Lipinski definition) is 11. The number of anilines is 3. The number of hydrogen-bond donors (Lipinski definition) is 3. The van der Waals surface area contributed by atoms with Crippen LogP contribution in [0.25, 0.3) is 11.3 Å². The van der Waals surface area contributed by atoms with Crippen molar-refractivity contribution in [3.63, 3.8) is 0 Å². The summed E-state index contributed by atoms with van der Waals surface area (Å²) in [7, 11) is 0. The lowest BCUT2D eigenvalue weighted by Crippen LogP contribution is -2.44. The minimum Gasteiger partial charge on any atom is -0.492 e. The van der Waals surface area contributed by atoms with Crippen LogP contribution < -0.4 is 30.3 Å². The minimum atomic E-state index is -4.75. The van der Waals surface area contributed by atoms with Crippen molar-refractivity contribution in [2.45, 2.75) is 50.8 Å². The maximum absolute atomic E-state index is 12.9. The highest BCUT2D eigenvalue weighted by Crippen LogP contribution is 2.30. The number of carbonyl (C=O) groups excluding carboxylic acids is 3. The van der Waals surface area contributed by atoms with E-state index < -0.39 is 6.36 Å². The first-order valence-electron chi connectivity index (χ1n) is 19.3. The van der Waals surface area contributed by atoms with Gasteiger partial charge in [0.2, 0.25) is 17.7 Å². The highest BCUT2D eigenvalue weighted by atomic mass is 19.4. The number of rotatable bonds is 13. The van der Waals surface area contributed by atoms with Crippen LogP contribution in [0.2, 0.25) is 0 Å². The molecule has 7 rings (SSSR count). The standard InChI is InChI=1S/C41H45F3N8O5/c42-41(43,44)57-33-8-4-31(5-9-33)49-36-23-35(47-26-48-36)28-1-6-32(7-2-28)56-22-17-45-39(54)29-15-18-51(19-16-29)25-27-13-20-52(21-14-27)37-11-3-30(24-46-37)34-10-12-38(53)50-40(34)55/h1-9,11,23-24,26-27,29,34H,10,12-22,25H2,(H,45,54)(H,47,48,49)(H,50,53,55). The second-order valence-corrected chi connectivity index (χ2v) is 14.6. The maximum Gasteiger partial charge on any atom is 0.573 e. The van der Waals surface area contributed by atoms with Gasteiger partial charge in [-0.2, -0.15) is 0 Å². The summed E-state index contributed by atoms with van der Waals surface area (Å²) in [4.78, 5) is 54.6. The fourth-order valence-corrected chi connectivity index (χ4v) is 7.57. The van der Waals surface area contributed by atoms with E-state index in [9.17, 15) is 27.6 Å². The molecule has 2 aromatic carbocycles. The van der Waals surface area contributed by atoms with Gasteiger partial charge in [0.1, 0.15) is 36.1 Å². The molecule has 0 saturated carbocycles. The van der Waals surface area contributed by atoms with Crippen molar-refractivity contribution in [1.29, 1.82) is 0 Å². The average Bonchev–Trinajstić information content (AvgIpc) is 3.21. The third-order valence-corrected chi connectivity index (χ3v) is 10.7. The van der Waals surface area contributed by atoms with Crippen LogP contribution in [0.3, 0.4) is 0 Å². The number of halogens is 3. The van der Waals surface area contributed by atoms with Gasteiger partial charge < -0.3 is 29.9 Å². The normalized spacial score (nSPS) is 18.5. The predicted molar refractivity (Wildman–Crippen MR) is 206 cm³/mol. The van der Waals surface area contributed by atoms with Gasteiger partial charge in [-0.3, -0.25) is 19.7 Å². The van der Waals surface area contributed by atoms with Gasteiger partial charge in [0.25, 0.3) is 0 Å². The van der Waals surface area contributed by atoms with Gasteiger partial charge in [0.05, 0.1) is 18.2 Å². The van der Waals surface area contributed by atoms with E-state index in [1.165, 1.54) is 30.6 Å². The summed E-state index contributed by atoms with van der Waals surface area (Å²) in [5.74, 6) is 1.59. The largest absolute Gasteiger partial charge is 0.573 e. The highest BCUT2D eigenvalue weighted by Gasteiger charge is 2.32. The van der Waals surface area contributed by atoms with Crippen LogP contribution in [0, 0.1) is 11.8 Å². The van der Waals surface area contributed by atoms with Crippen molar-refractivity contribution >= 4 is 35.0 Å². The van der Waals surface area contributed by atoms with Crippen molar-refractivity contribution in [3.8, 4) is 22.8 Å². The summed E-state index contributed by atoms with van der Waals surface area (Å²) >= 11 is 0. The molecular weight excluding hydrogens is 741 g/mol. The summed E-state index contributed by atoms with van der Waals surface area (Å²) in [5.41, 5.74) is 2.84. The number of pyridine rings is 1. The molecule has 3 N–H and O–H groups in total. The molecule has 57 heavy (non-hydrogen) atoms. The van der Waals surface area contributed by atoms with E-state index in [0.717, 1.165) is 75.4 Å². The molecule has 4 aromatic rings. The molecule has 1 atom stereocenters. The molecule has 0 radical (unpaired) electrons. The Morgan fingerprint density at radius 3 is 2.28 bits per heavy atom. The molecule has 0 bridgehead atoms. The zero-order valence-corrected chi connectivity index (χ0v) is 31.3. The van der Waals surface area contributed by atoms with Crippen LogP contribution in [0.4, 0.5) is 30.5 Å². The van der Waals surface area contributed by atoms with E-state index in [0.29, 0.717) is 54.9 Å². The average molecular weight is 787 g/mol. The number of aromatic nitrogens is 3. The third kappa shape index (κ3) is 11.0. The zero-order chi connectivity index (χ0) is 39.8. The van der Waals surface area contributed by atoms with Gasteiger partial charge in [-0.15, -0.1) is 13.2 Å².